The monoisotopic (exact) mass is 202 g/mol. The van der Waals surface area contributed by atoms with Gasteiger partial charge in [-0.3, -0.25) is 0 Å². The van der Waals surface area contributed by atoms with E-state index >= 15 is 0 Å². The lowest BCUT2D eigenvalue weighted by Gasteiger charge is -2.20. The molecule has 4 nitrogen and oxygen atoms in total. The quantitative estimate of drug-likeness (QED) is 0.401. The lowest BCUT2D eigenvalue weighted by Crippen LogP contribution is -2.41. The fourth-order valence-electron chi connectivity index (χ4n) is 1.05. The second kappa shape index (κ2) is 8.17. The maximum absolute atomic E-state index is 5.35. The largest absolute Gasteiger partial charge is 0.329 e. The first-order valence-electron chi connectivity index (χ1n) is 5.43. The maximum Gasteiger partial charge on any atom is 0.00970 e. The third-order valence-corrected chi connectivity index (χ3v) is 1.76. The van der Waals surface area contributed by atoms with Crippen molar-refractivity contribution in [3.05, 3.63) is 0 Å². The summed E-state index contributed by atoms with van der Waals surface area (Å²) in [5.74, 6) is 0. The SMILES string of the molecule is CC(C)(C)NCCNCCNCCN. The minimum Gasteiger partial charge on any atom is -0.329 e. The molecule has 0 aliphatic rings. The van der Waals surface area contributed by atoms with Crippen LogP contribution in [0.5, 0.6) is 0 Å². The Bertz CT molecular complexity index is 120. The number of hydrogen-bond donors (Lipinski definition) is 4. The predicted octanol–water partition coefficient (Wildman–Crippen LogP) is -0.488. The molecule has 86 valence electrons. The van der Waals surface area contributed by atoms with Crippen molar-refractivity contribution in [3.8, 4) is 0 Å². The highest BCUT2D eigenvalue weighted by molar-refractivity contribution is 4.70. The van der Waals surface area contributed by atoms with Crippen LogP contribution in [0.2, 0.25) is 0 Å². The summed E-state index contributed by atoms with van der Waals surface area (Å²) in [6, 6.07) is 0. The summed E-state index contributed by atoms with van der Waals surface area (Å²) in [7, 11) is 0. The van der Waals surface area contributed by atoms with E-state index in [9.17, 15) is 0 Å². The van der Waals surface area contributed by atoms with Crippen LogP contribution in [-0.4, -0.2) is 44.8 Å². The number of nitrogens with one attached hydrogen (secondary N) is 3. The zero-order chi connectivity index (χ0) is 10.9. The van der Waals surface area contributed by atoms with Crippen LogP contribution < -0.4 is 21.7 Å². The van der Waals surface area contributed by atoms with Gasteiger partial charge in [0, 0.05) is 44.8 Å². The molecule has 0 bridgehead atoms. The number of hydrogen-bond acceptors (Lipinski definition) is 4. The molecule has 0 rings (SSSR count). The fraction of sp³-hybridized carbons (Fsp3) is 1.00. The first-order valence-corrected chi connectivity index (χ1v) is 5.43. The van der Waals surface area contributed by atoms with Crippen LogP contribution in [0, 0.1) is 0 Å². The van der Waals surface area contributed by atoms with E-state index in [-0.39, 0.29) is 5.54 Å². The molecule has 14 heavy (non-hydrogen) atoms. The molecule has 0 spiro atoms. The average molecular weight is 202 g/mol. The van der Waals surface area contributed by atoms with E-state index in [1.807, 2.05) is 0 Å². The van der Waals surface area contributed by atoms with Gasteiger partial charge in [0.1, 0.15) is 0 Å². The van der Waals surface area contributed by atoms with Gasteiger partial charge in [-0.15, -0.1) is 0 Å². The molecule has 0 aliphatic heterocycles. The zero-order valence-corrected chi connectivity index (χ0v) is 9.82. The van der Waals surface area contributed by atoms with E-state index in [1.54, 1.807) is 0 Å². The van der Waals surface area contributed by atoms with E-state index in [2.05, 4.69) is 36.7 Å². The minimum absolute atomic E-state index is 0.222. The summed E-state index contributed by atoms with van der Waals surface area (Å²) in [5.41, 5.74) is 5.57. The summed E-state index contributed by atoms with van der Waals surface area (Å²) >= 11 is 0. The van der Waals surface area contributed by atoms with E-state index in [4.69, 9.17) is 5.73 Å². The lowest BCUT2D eigenvalue weighted by molar-refractivity contribution is 0.421. The molecule has 0 saturated carbocycles. The third-order valence-electron chi connectivity index (χ3n) is 1.76. The Labute approximate surface area is 88.0 Å². The Morgan fingerprint density at radius 1 is 0.857 bits per heavy atom. The van der Waals surface area contributed by atoms with Crippen LogP contribution in [-0.2, 0) is 0 Å². The number of nitrogens with two attached hydrogens (primary N) is 1. The van der Waals surface area contributed by atoms with Crippen LogP contribution in [0.15, 0.2) is 0 Å². The van der Waals surface area contributed by atoms with Crippen LogP contribution in [0.3, 0.4) is 0 Å². The summed E-state index contributed by atoms with van der Waals surface area (Å²) < 4.78 is 0. The summed E-state index contributed by atoms with van der Waals surface area (Å²) in [4.78, 5) is 0. The molecular formula is C10H26N4. The van der Waals surface area contributed by atoms with Crippen molar-refractivity contribution >= 4 is 0 Å². The van der Waals surface area contributed by atoms with Gasteiger partial charge in [-0.2, -0.15) is 0 Å². The molecule has 0 radical (unpaired) electrons. The fourth-order valence-corrected chi connectivity index (χ4v) is 1.05. The molecule has 0 aromatic rings. The maximum atomic E-state index is 5.35. The zero-order valence-electron chi connectivity index (χ0n) is 9.82. The molecule has 0 aromatic heterocycles. The Hall–Kier alpha value is -0.160. The van der Waals surface area contributed by atoms with Gasteiger partial charge in [-0.25, -0.2) is 0 Å². The van der Waals surface area contributed by atoms with E-state index in [0.717, 1.165) is 32.7 Å². The van der Waals surface area contributed by atoms with Gasteiger partial charge in [-0.05, 0) is 20.8 Å². The second-order valence-electron chi connectivity index (χ2n) is 4.47. The van der Waals surface area contributed by atoms with Crippen molar-refractivity contribution in [2.24, 2.45) is 5.73 Å². The van der Waals surface area contributed by atoms with E-state index in [0.29, 0.717) is 6.54 Å². The first kappa shape index (κ1) is 13.8. The Morgan fingerprint density at radius 2 is 1.36 bits per heavy atom. The lowest BCUT2D eigenvalue weighted by atomic mass is 10.1. The van der Waals surface area contributed by atoms with Crippen LogP contribution in [0.1, 0.15) is 20.8 Å². The molecule has 0 saturated heterocycles. The van der Waals surface area contributed by atoms with Gasteiger partial charge in [-0.1, -0.05) is 0 Å². The average Bonchev–Trinajstić information content (AvgIpc) is 2.08. The molecule has 0 aliphatic carbocycles. The Balaban J connectivity index is 2.99. The predicted molar refractivity (Wildman–Crippen MR) is 62.5 cm³/mol. The van der Waals surface area contributed by atoms with E-state index < -0.39 is 0 Å². The van der Waals surface area contributed by atoms with Crippen molar-refractivity contribution in [3.63, 3.8) is 0 Å². The molecule has 0 aromatic carbocycles. The topological polar surface area (TPSA) is 62.1 Å². The van der Waals surface area contributed by atoms with Gasteiger partial charge in [0.15, 0.2) is 0 Å². The molecule has 4 heteroatoms. The first-order chi connectivity index (χ1) is 6.56. The standard InChI is InChI=1S/C10H26N4/c1-10(2,3)14-9-8-13-7-6-12-5-4-11/h12-14H,4-9,11H2,1-3H3. The van der Waals surface area contributed by atoms with Gasteiger partial charge in [0.05, 0.1) is 0 Å². The van der Waals surface area contributed by atoms with Crippen molar-refractivity contribution in [2.45, 2.75) is 26.3 Å². The Morgan fingerprint density at radius 3 is 1.86 bits per heavy atom. The van der Waals surface area contributed by atoms with Crippen LogP contribution >= 0.6 is 0 Å². The van der Waals surface area contributed by atoms with Gasteiger partial charge in [0.2, 0.25) is 0 Å². The third kappa shape index (κ3) is 11.8. The molecule has 0 heterocycles. The molecular weight excluding hydrogens is 176 g/mol. The van der Waals surface area contributed by atoms with Gasteiger partial charge in [0.25, 0.3) is 0 Å². The second-order valence-corrected chi connectivity index (χ2v) is 4.47. The van der Waals surface area contributed by atoms with E-state index in [1.165, 1.54) is 0 Å². The molecule has 0 unspecified atom stereocenters. The van der Waals surface area contributed by atoms with Crippen molar-refractivity contribution < 1.29 is 0 Å². The summed E-state index contributed by atoms with van der Waals surface area (Å²) in [6.07, 6.45) is 0. The van der Waals surface area contributed by atoms with Gasteiger partial charge < -0.3 is 21.7 Å². The van der Waals surface area contributed by atoms with Crippen molar-refractivity contribution in [2.75, 3.05) is 39.3 Å². The smallest absolute Gasteiger partial charge is 0.00970 e. The molecule has 0 amide bonds. The normalized spacial score (nSPS) is 12.0. The van der Waals surface area contributed by atoms with Crippen molar-refractivity contribution in [1.82, 2.24) is 16.0 Å². The van der Waals surface area contributed by atoms with Crippen LogP contribution in [0.25, 0.3) is 0 Å². The minimum atomic E-state index is 0.222. The summed E-state index contributed by atoms with van der Waals surface area (Å²) in [6.45, 7) is 12.2. The highest BCUT2D eigenvalue weighted by Gasteiger charge is 2.06. The number of rotatable bonds is 8. The Kier molecular flexibility index (Phi) is 8.08. The van der Waals surface area contributed by atoms with Crippen molar-refractivity contribution in [1.29, 1.82) is 0 Å². The highest BCUT2D eigenvalue weighted by atomic mass is 15.0. The summed E-state index contributed by atoms with van der Waals surface area (Å²) in [5, 5.41) is 10.0. The molecule has 0 fully saturated rings. The molecule has 5 N–H and O–H groups in total. The highest BCUT2D eigenvalue weighted by Crippen LogP contribution is 1.95. The molecule has 0 atom stereocenters. The van der Waals surface area contributed by atoms with Gasteiger partial charge >= 0.3 is 0 Å². The van der Waals surface area contributed by atoms with Crippen LogP contribution in [0.4, 0.5) is 0 Å².